The molecule has 6 aromatic rings. The second-order valence-electron chi connectivity index (χ2n) is 9.86. The number of fused-ring (bicyclic) bond motifs is 2. The number of rotatable bonds is 8. The molecule has 9 nitrogen and oxygen atoms in total. The van der Waals surface area contributed by atoms with Crippen molar-refractivity contribution in [3.63, 3.8) is 0 Å². The van der Waals surface area contributed by atoms with Crippen LogP contribution in [0.15, 0.2) is 97.6 Å². The lowest BCUT2D eigenvalue weighted by atomic mass is 10.2. The summed E-state index contributed by atoms with van der Waals surface area (Å²) < 4.78 is 20.8. The van der Waals surface area contributed by atoms with Crippen LogP contribution < -0.4 is 10.3 Å². The molecule has 216 valence electrons. The Morgan fingerprint density at radius 3 is 2.63 bits per heavy atom. The number of aryl methyl sites for hydroxylation is 1. The fraction of sp³-hybridized carbons (Fsp3) is 0.152. The zero-order chi connectivity index (χ0) is 30.1. The first-order chi connectivity index (χ1) is 20.8. The summed E-state index contributed by atoms with van der Waals surface area (Å²) in [6.07, 6.45) is 1.66. The molecule has 3 aromatic carbocycles. The lowest BCUT2D eigenvalue weighted by Crippen LogP contribution is -2.20. The van der Waals surface area contributed by atoms with Crippen LogP contribution in [0, 0.1) is 13.8 Å². The molecule has 0 aliphatic rings. The zero-order valence-electron chi connectivity index (χ0n) is 23.7. The number of carbonyl (C=O) groups excluding carboxylic acids is 1. The summed E-state index contributed by atoms with van der Waals surface area (Å²) in [7, 11) is 0. The number of nitrogens with zero attached hydrogens (tertiary/aromatic N) is 4. The number of carbonyl (C=O) groups is 1. The second kappa shape index (κ2) is 11.7. The minimum absolute atomic E-state index is 0.147. The van der Waals surface area contributed by atoms with Gasteiger partial charge in [0.1, 0.15) is 11.3 Å². The minimum atomic E-state index is -0.412. The number of esters is 1. The van der Waals surface area contributed by atoms with Crippen molar-refractivity contribution in [1.82, 2.24) is 14.2 Å². The molecule has 43 heavy (non-hydrogen) atoms. The normalized spacial score (nSPS) is 11.5. The van der Waals surface area contributed by atoms with E-state index >= 15 is 0 Å². The molecule has 0 saturated heterocycles. The molecule has 6 rings (SSSR count). The van der Waals surface area contributed by atoms with Crippen molar-refractivity contribution in [2.75, 3.05) is 13.2 Å². The molecular weight excluding hydrogens is 612 g/mol. The van der Waals surface area contributed by atoms with Crippen LogP contribution in [0.4, 0.5) is 0 Å². The van der Waals surface area contributed by atoms with E-state index in [2.05, 4.69) is 25.6 Å². The molecule has 0 amide bonds. The SMILES string of the molecule is CCOC(=O)COc1ccc(-n2c(C)cc(C=Nn3c(-c4cc5cc(Br)ccc5o4)nc4ccccc4c3=O)c2C)cc1. The van der Waals surface area contributed by atoms with Gasteiger partial charge in [0.15, 0.2) is 12.4 Å². The van der Waals surface area contributed by atoms with E-state index in [-0.39, 0.29) is 12.2 Å². The van der Waals surface area contributed by atoms with Crippen LogP contribution >= 0.6 is 15.9 Å². The Bertz CT molecular complexity index is 2070. The molecule has 0 fully saturated rings. The largest absolute Gasteiger partial charge is 0.482 e. The number of para-hydroxylation sites is 1. The first-order valence-electron chi connectivity index (χ1n) is 13.7. The zero-order valence-corrected chi connectivity index (χ0v) is 25.3. The second-order valence-corrected chi connectivity index (χ2v) is 10.8. The first kappa shape index (κ1) is 28.2. The third-order valence-corrected chi connectivity index (χ3v) is 7.49. The highest BCUT2D eigenvalue weighted by Gasteiger charge is 2.17. The average molecular weight is 640 g/mol. The lowest BCUT2D eigenvalue weighted by molar-refractivity contribution is -0.145. The fourth-order valence-electron chi connectivity index (χ4n) is 4.99. The third-order valence-electron chi connectivity index (χ3n) is 6.99. The van der Waals surface area contributed by atoms with Gasteiger partial charge in [0, 0.05) is 32.5 Å². The topological polar surface area (TPSA) is 101 Å². The molecular formula is C33H27BrN4O5. The Hall–Kier alpha value is -4.96. The van der Waals surface area contributed by atoms with Gasteiger partial charge >= 0.3 is 5.97 Å². The molecule has 0 unspecified atom stereocenters. The number of aromatic nitrogens is 3. The van der Waals surface area contributed by atoms with Crippen LogP contribution in [-0.2, 0) is 9.53 Å². The Morgan fingerprint density at radius 1 is 1.05 bits per heavy atom. The summed E-state index contributed by atoms with van der Waals surface area (Å²) in [5.74, 6) is 0.892. The van der Waals surface area contributed by atoms with E-state index in [0.717, 1.165) is 32.5 Å². The number of hydrogen-bond donors (Lipinski definition) is 0. The smallest absolute Gasteiger partial charge is 0.344 e. The highest BCUT2D eigenvalue weighted by molar-refractivity contribution is 9.10. The van der Waals surface area contributed by atoms with Gasteiger partial charge < -0.3 is 18.5 Å². The Labute approximate surface area is 255 Å². The van der Waals surface area contributed by atoms with Crippen LogP contribution in [0.5, 0.6) is 5.75 Å². The van der Waals surface area contributed by atoms with Crippen LogP contribution in [-0.4, -0.2) is 39.6 Å². The van der Waals surface area contributed by atoms with Gasteiger partial charge in [-0.2, -0.15) is 9.78 Å². The predicted molar refractivity (Wildman–Crippen MR) is 169 cm³/mol. The van der Waals surface area contributed by atoms with E-state index < -0.39 is 5.97 Å². The van der Waals surface area contributed by atoms with Crippen LogP contribution in [0.3, 0.4) is 0 Å². The van der Waals surface area contributed by atoms with Gasteiger partial charge in [-0.05, 0) is 87.5 Å². The Morgan fingerprint density at radius 2 is 1.84 bits per heavy atom. The monoisotopic (exact) mass is 638 g/mol. The Balaban J connectivity index is 1.36. The van der Waals surface area contributed by atoms with Gasteiger partial charge in [0.05, 0.1) is 23.7 Å². The van der Waals surface area contributed by atoms with Crippen molar-refractivity contribution >= 4 is 50.0 Å². The standard InChI is InChI=1S/C33H27BrN4O5/c1-4-41-31(39)19-42-26-12-10-25(11-13-26)37-20(2)15-23(21(37)3)18-35-38-32(36-28-8-6-5-7-27(28)33(38)40)30-17-22-16-24(34)9-14-29(22)43-30/h5-18H,4,19H2,1-3H3. The molecule has 0 aliphatic heterocycles. The fourth-order valence-corrected chi connectivity index (χ4v) is 5.37. The summed E-state index contributed by atoms with van der Waals surface area (Å²) in [6, 6.07) is 24.2. The van der Waals surface area contributed by atoms with Crippen LogP contribution in [0.2, 0.25) is 0 Å². The maximum atomic E-state index is 13.7. The maximum absolute atomic E-state index is 13.7. The number of halogens is 1. The number of furan rings is 1. The summed E-state index contributed by atoms with van der Waals surface area (Å²) in [5.41, 5.74) is 4.59. The van der Waals surface area contributed by atoms with Crippen molar-refractivity contribution in [3.05, 3.63) is 111 Å². The molecule has 3 heterocycles. The maximum Gasteiger partial charge on any atom is 0.344 e. The molecule has 0 aliphatic carbocycles. The highest BCUT2D eigenvalue weighted by Crippen LogP contribution is 2.29. The van der Waals surface area contributed by atoms with E-state index in [0.29, 0.717) is 40.4 Å². The van der Waals surface area contributed by atoms with E-state index in [9.17, 15) is 9.59 Å². The van der Waals surface area contributed by atoms with Crippen molar-refractivity contribution < 1.29 is 18.7 Å². The molecule has 0 spiro atoms. The van der Waals surface area contributed by atoms with E-state index in [1.165, 1.54) is 4.68 Å². The van der Waals surface area contributed by atoms with Gasteiger partial charge in [-0.25, -0.2) is 9.78 Å². The quantitative estimate of drug-likeness (QED) is 0.134. The van der Waals surface area contributed by atoms with Gasteiger partial charge in [-0.3, -0.25) is 4.79 Å². The van der Waals surface area contributed by atoms with Gasteiger partial charge in [-0.1, -0.05) is 28.1 Å². The summed E-state index contributed by atoms with van der Waals surface area (Å²) in [4.78, 5) is 30.0. The molecule has 10 heteroatoms. The van der Waals surface area contributed by atoms with Crippen LogP contribution in [0.25, 0.3) is 39.1 Å². The van der Waals surface area contributed by atoms with Crippen molar-refractivity contribution in [2.24, 2.45) is 5.10 Å². The van der Waals surface area contributed by atoms with E-state index in [4.69, 9.17) is 18.9 Å². The summed E-state index contributed by atoms with van der Waals surface area (Å²) in [6.45, 7) is 5.90. The Kier molecular flexibility index (Phi) is 7.69. The van der Waals surface area contributed by atoms with Crippen molar-refractivity contribution in [2.45, 2.75) is 20.8 Å². The van der Waals surface area contributed by atoms with Gasteiger partial charge in [0.25, 0.3) is 5.56 Å². The first-order valence-corrected chi connectivity index (χ1v) is 14.4. The number of hydrogen-bond acceptors (Lipinski definition) is 7. The highest BCUT2D eigenvalue weighted by atomic mass is 79.9. The van der Waals surface area contributed by atoms with Crippen molar-refractivity contribution in [1.29, 1.82) is 0 Å². The third kappa shape index (κ3) is 5.61. The summed E-state index contributed by atoms with van der Waals surface area (Å²) >= 11 is 3.50. The van der Waals surface area contributed by atoms with Crippen molar-refractivity contribution in [3.8, 4) is 23.0 Å². The van der Waals surface area contributed by atoms with E-state index in [1.54, 1.807) is 43.5 Å². The number of benzene rings is 3. The minimum Gasteiger partial charge on any atom is -0.482 e. The van der Waals surface area contributed by atoms with Gasteiger partial charge in [0.2, 0.25) is 5.82 Å². The molecule has 0 radical (unpaired) electrons. The van der Waals surface area contributed by atoms with Gasteiger partial charge in [-0.15, -0.1) is 0 Å². The molecule has 0 atom stereocenters. The molecule has 0 saturated carbocycles. The summed E-state index contributed by atoms with van der Waals surface area (Å²) in [5, 5.41) is 5.97. The molecule has 3 aromatic heterocycles. The lowest BCUT2D eigenvalue weighted by Gasteiger charge is -2.11. The predicted octanol–water partition coefficient (Wildman–Crippen LogP) is 6.80. The van der Waals surface area contributed by atoms with Crippen LogP contribution in [0.1, 0.15) is 23.9 Å². The average Bonchev–Trinajstić information content (AvgIpc) is 3.55. The molecule has 0 N–H and O–H groups in total. The molecule has 0 bridgehead atoms. The van der Waals surface area contributed by atoms with E-state index in [1.807, 2.05) is 62.4 Å². The number of ether oxygens (including phenoxy) is 2.